The summed E-state index contributed by atoms with van der Waals surface area (Å²) < 4.78 is 6.37. The highest BCUT2D eigenvalue weighted by atomic mass is 16.5. The number of aryl methyl sites for hydroxylation is 3. The molecule has 0 atom stereocenters. The third kappa shape index (κ3) is 3.16. The molecular weight excluding hydrogens is 282 g/mol. The van der Waals surface area contributed by atoms with Crippen molar-refractivity contribution in [1.29, 1.82) is 0 Å². The van der Waals surface area contributed by atoms with Crippen LogP contribution < -0.4 is 5.32 Å². The van der Waals surface area contributed by atoms with Crippen LogP contribution in [0, 0.1) is 13.8 Å². The molecule has 0 saturated heterocycles. The highest BCUT2D eigenvalue weighted by Crippen LogP contribution is 2.17. The predicted octanol–water partition coefficient (Wildman–Crippen LogP) is 2.56. The fourth-order valence-electron chi connectivity index (χ4n) is 2.19. The van der Waals surface area contributed by atoms with Crippen molar-refractivity contribution >= 4 is 17.6 Å². The highest BCUT2D eigenvalue weighted by Gasteiger charge is 2.15. The molecule has 0 spiro atoms. The van der Waals surface area contributed by atoms with Crippen LogP contribution in [0.5, 0.6) is 0 Å². The zero-order valence-corrected chi connectivity index (χ0v) is 13.1. The van der Waals surface area contributed by atoms with Crippen molar-refractivity contribution in [2.75, 3.05) is 12.4 Å². The van der Waals surface area contributed by atoms with Gasteiger partial charge in [-0.3, -0.25) is 9.48 Å². The maximum absolute atomic E-state index is 12.4. The lowest BCUT2D eigenvalue weighted by Gasteiger charge is -2.09. The van der Waals surface area contributed by atoms with E-state index in [4.69, 9.17) is 4.74 Å². The molecule has 1 aromatic carbocycles. The molecule has 1 aromatic heterocycles. The van der Waals surface area contributed by atoms with Crippen molar-refractivity contribution in [1.82, 2.24) is 9.78 Å². The molecule has 0 radical (unpaired) electrons. The van der Waals surface area contributed by atoms with Crippen molar-refractivity contribution in [3.05, 3.63) is 46.8 Å². The zero-order chi connectivity index (χ0) is 16.3. The van der Waals surface area contributed by atoms with E-state index in [-0.39, 0.29) is 5.91 Å². The number of aromatic nitrogens is 2. The smallest absolute Gasteiger partial charge is 0.338 e. The number of carbonyl (C=O) groups is 2. The third-order valence-electron chi connectivity index (χ3n) is 3.34. The van der Waals surface area contributed by atoms with Gasteiger partial charge in [-0.05, 0) is 44.5 Å². The van der Waals surface area contributed by atoms with Crippen LogP contribution in [0.25, 0.3) is 0 Å². The molecule has 0 aliphatic rings. The molecule has 0 saturated carbocycles. The van der Waals surface area contributed by atoms with Gasteiger partial charge in [-0.25, -0.2) is 4.79 Å². The summed E-state index contributed by atoms with van der Waals surface area (Å²) in [5.41, 5.74) is 3.03. The number of rotatable bonds is 4. The average molecular weight is 301 g/mol. The molecule has 22 heavy (non-hydrogen) atoms. The maximum Gasteiger partial charge on any atom is 0.338 e. The molecule has 6 heteroatoms. The summed E-state index contributed by atoms with van der Waals surface area (Å²) in [5.74, 6) is -0.690. The van der Waals surface area contributed by atoms with Gasteiger partial charge < -0.3 is 10.1 Å². The van der Waals surface area contributed by atoms with Gasteiger partial charge in [0.25, 0.3) is 5.91 Å². The Morgan fingerprint density at radius 2 is 2.00 bits per heavy atom. The molecule has 0 fully saturated rings. The monoisotopic (exact) mass is 301 g/mol. The second kappa shape index (κ2) is 6.43. The summed E-state index contributed by atoms with van der Waals surface area (Å²) in [6, 6.07) is 6.86. The number of amides is 1. The first-order valence-corrected chi connectivity index (χ1v) is 7.01. The Morgan fingerprint density at radius 1 is 1.27 bits per heavy atom. The Labute approximate surface area is 129 Å². The molecule has 1 heterocycles. The van der Waals surface area contributed by atoms with Gasteiger partial charge >= 0.3 is 5.97 Å². The van der Waals surface area contributed by atoms with Crippen molar-refractivity contribution in [2.24, 2.45) is 0 Å². The molecule has 6 nitrogen and oxygen atoms in total. The first-order valence-electron chi connectivity index (χ1n) is 7.01. The number of esters is 1. The van der Waals surface area contributed by atoms with Crippen LogP contribution in [0.15, 0.2) is 24.3 Å². The standard InChI is InChI=1S/C16H19N3O3/c1-5-19-14(8-11(3)18-19)15(20)17-12-7-6-10(2)13(9-12)16(21)22-4/h6-9H,5H2,1-4H3,(H,17,20). The Kier molecular flexibility index (Phi) is 4.60. The van der Waals surface area contributed by atoms with Crippen LogP contribution in [0.3, 0.4) is 0 Å². The number of nitrogens with one attached hydrogen (secondary N) is 1. The van der Waals surface area contributed by atoms with Gasteiger partial charge in [0.1, 0.15) is 5.69 Å². The number of nitrogens with zero attached hydrogens (tertiary/aromatic N) is 2. The summed E-state index contributed by atoms with van der Waals surface area (Å²) in [7, 11) is 1.33. The minimum atomic E-state index is -0.428. The van der Waals surface area contributed by atoms with Crippen LogP contribution in [0.2, 0.25) is 0 Å². The van der Waals surface area contributed by atoms with E-state index in [2.05, 4.69) is 10.4 Å². The van der Waals surface area contributed by atoms with E-state index in [9.17, 15) is 9.59 Å². The number of carbonyl (C=O) groups excluding carboxylic acids is 2. The van der Waals surface area contributed by atoms with Gasteiger partial charge in [-0.1, -0.05) is 6.07 Å². The van der Waals surface area contributed by atoms with E-state index in [1.54, 1.807) is 28.9 Å². The van der Waals surface area contributed by atoms with E-state index >= 15 is 0 Å². The lowest BCUT2D eigenvalue weighted by atomic mass is 10.1. The molecule has 2 aromatic rings. The quantitative estimate of drug-likeness (QED) is 0.881. The summed E-state index contributed by atoms with van der Waals surface area (Å²) in [4.78, 5) is 24.1. The number of anilines is 1. The second-order valence-electron chi connectivity index (χ2n) is 4.96. The van der Waals surface area contributed by atoms with Crippen molar-refractivity contribution in [2.45, 2.75) is 27.3 Å². The maximum atomic E-state index is 12.4. The molecule has 0 bridgehead atoms. The van der Waals surface area contributed by atoms with Gasteiger partial charge in [-0.15, -0.1) is 0 Å². The number of benzene rings is 1. The van der Waals surface area contributed by atoms with Gasteiger partial charge in [0.2, 0.25) is 0 Å². The van der Waals surface area contributed by atoms with Gasteiger partial charge in [0.15, 0.2) is 0 Å². The molecule has 1 N–H and O–H groups in total. The minimum absolute atomic E-state index is 0.262. The van der Waals surface area contributed by atoms with Crippen LogP contribution in [-0.4, -0.2) is 28.8 Å². The highest BCUT2D eigenvalue weighted by molar-refractivity contribution is 6.04. The van der Waals surface area contributed by atoms with E-state index in [1.807, 2.05) is 20.8 Å². The fraction of sp³-hybridized carbons (Fsp3) is 0.312. The Balaban J connectivity index is 2.27. The number of hydrogen-bond donors (Lipinski definition) is 1. The van der Waals surface area contributed by atoms with E-state index in [0.717, 1.165) is 11.3 Å². The second-order valence-corrected chi connectivity index (χ2v) is 4.96. The van der Waals surface area contributed by atoms with Crippen LogP contribution in [-0.2, 0) is 11.3 Å². The fourth-order valence-corrected chi connectivity index (χ4v) is 2.19. The lowest BCUT2D eigenvalue weighted by molar-refractivity contribution is 0.0599. The van der Waals surface area contributed by atoms with E-state index in [0.29, 0.717) is 23.5 Å². The van der Waals surface area contributed by atoms with Crippen molar-refractivity contribution < 1.29 is 14.3 Å². The summed E-state index contributed by atoms with van der Waals surface area (Å²) in [5, 5.41) is 7.03. The molecule has 1 amide bonds. The molecule has 2 rings (SSSR count). The van der Waals surface area contributed by atoms with E-state index < -0.39 is 5.97 Å². The van der Waals surface area contributed by atoms with Crippen molar-refractivity contribution in [3.8, 4) is 0 Å². The summed E-state index contributed by atoms with van der Waals surface area (Å²) >= 11 is 0. The number of ether oxygens (including phenoxy) is 1. The van der Waals surface area contributed by atoms with E-state index in [1.165, 1.54) is 7.11 Å². The third-order valence-corrected chi connectivity index (χ3v) is 3.34. The van der Waals surface area contributed by atoms with Crippen LogP contribution in [0.1, 0.15) is 39.0 Å². The first-order chi connectivity index (χ1) is 10.5. The van der Waals surface area contributed by atoms with Crippen molar-refractivity contribution in [3.63, 3.8) is 0 Å². The SMILES string of the molecule is CCn1nc(C)cc1C(=O)Nc1ccc(C)c(C(=O)OC)c1. The summed E-state index contributed by atoms with van der Waals surface area (Å²) in [6.07, 6.45) is 0. The van der Waals surface area contributed by atoms with Crippen LogP contribution in [0.4, 0.5) is 5.69 Å². The van der Waals surface area contributed by atoms with Gasteiger partial charge in [0.05, 0.1) is 18.4 Å². The number of methoxy groups -OCH3 is 1. The number of hydrogen-bond acceptors (Lipinski definition) is 4. The average Bonchev–Trinajstić information content (AvgIpc) is 2.89. The summed E-state index contributed by atoms with van der Waals surface area (Å²) in [6.45, 7) is 6.18. The molecule has 0 aliphatic carbocycles. The first kappa shape index (κ1) is 15.8. The molecule has 0 unspecified atom stereocenters. The zero-order valence-electron chi connectivity index (χ0n) is 13.1. The Morgan fingerprint density at radius 3 is 2.64 bits per heavy atom. The lowest BCUT2D eigenvalue weighted by Crippen LogP contribution is -2.17. The molecular formula is C16H19N3O3. The largest absolute Gasteiger partial charge is 0.465 e. The molecule has 0 aliphatic heterocycles. The molecule has 116 valence electrons. The normalized spacial score (nSPS) is 10.4. The van der Waals surface area contributed by atoms with Gasteiger partial charge in [-0.2, -0.15) is 5.10 Å². The Bertz CT molecular complexity index is 719. The van der Waals surface area contributed by atoms with Crippen LogP contribution >= 0.6 is 0 Å². The predicted molar refractivity (Wildman–Crippen MR) is 83.1 cm³/mol. The topological polar surface area (TPSA) is 73.2 Å². The Hall–Kier alpha value is -2.63. The minimum Gasteiger partial charge on any atom is -0.465 e. The van der Waals surface area contributed by atoms with Gasteiger partial charge in [0, 0.05) is 12.2 Å².